The van der Waals surface area contributed by atoms with E-state index in [2.05, 4.69) is 4.90 Å². The van der Waals surface area contributed by atoms with Gasteiger partial charge in [-0.25, -0.2) is 4.98 Å². The fourth-order valence-electron chi connectivity index (χ4n) is 3.47. The molecule has 3 aromatic rings. The van der Waals surface area contributed by atoms with E-state index >= 15 is 0 Å². The van der Waals surface area contributed by atoms with Crippen LogP contribution in [0.5, 0.6) is 11.5 Å². The number of amides is 1. The second kappa shape index (κ2) is 8.08. The third kappa shape index (κ3) is 3.72. The Morgan fingerprint density at radius 1 is 1.10 bits per heavy atom. The number of methoxy groups -OCH3 is 2. The van der Waals surface area contributed by atoms with Crippen molar-refractivity contribution in [2.24, 2.45) is 0 Å². The van der Waals surface area contributed by atoms with Gasteiger partial charge in [-0.05, 0) is 30.7 Å². The van der Waals surface area contributed by atoms with Crippen LogP contribution in [0.4, 0.5) is 5.13 Å². The van der Waals surface area contributed by atoms with Gasteiger partial charge in [0.15, 0.2) is 5.13 Å². The number of carbonyl (C=O) groups excluding carboxylic acids is 1. The number of carbonyl (C=O) groups is 1. The number of piperazine rings is 1. The van der Waals surface area contributed by atoms with Gasteiger partial charge in [-0.2, -0.15) is 0 Å². The van der Waals surface area contributed by atoms with Gasteiger partial charge in [0.2, 0.25) is 0 Å². The molecule has 0 radical (unpaired) electrons. The smallest absolute Gasteiger partial charge is 0.257 e. The number of anilines is 1. The highest BCUT2D eigenvalue weighted by molar-refractivity contribution is 7.22. The molecule has 1 amide bonds. The van der Waals surface area contributed by atoms with Crippen molar-refractivity contribution in [1.29, 1.82) is 0 Å². The van der Waals surface area contributed by atoms with Crippen LogP contribution in [0.1, 0.15) is 15.9 Å². The average molecular weight is 432 g/mol. The van der Waals surface area contributed by atoms with Crippen molar-refractivity contribution in [1.82, 2.24) is 9.88 Å². The Kier molecular flexibility index (Phi) is 5.52. The lowest BCUT2D eigenvalue weighted by molar-refractivity contribution is 0.0743. The summed E-state index contributed by atoms with van der Waals surface area (Å²) in [4.78, 5) is 21.9. The van der Waals surface area contributed by atoms with E-state index in [0.29, 0.717) is 30.2 Å². The van der Waals surface area contributed by atoms with E-state index in [1.165, 1.54) is 0 Å². The van der Waals surface area contributed by atoms with Crippen LogP contribution in [0.2, 0.25) is 5.02 Å². The lowest BCUT2D eigenvalue weighted by atomic mass is 10.1. The Bertz CT molecular complexity index is 1020. The van der Waals surface area contributed by atoms with Gasteiger partial charge in [0, 0.05) is 32.2 Å². The zero-order valence-corrected chi connectivity index (χ0v) is 18.1. The van der Waals surface area contributed by atoms with Gasteiger partial charge >= 0.3 is 0 Å². The summed E-state index contributed by atoms with van der Waals surface area (Å²) in [6.45, 7) is 4.73. The zero-order valence-electron chi connectivity index (χ0n) is 16.6. The van der Waals surface area contributed by atoms with Gasteiger partial charge < -0.3 is 19.3 Å². The maximum Gasteiger partial charge on any atom is 0.257 e. The molecule has 29 heavy (non-hydrogen) atoms. The van der Waals surface area contributed by atoms with Crippen LogP contribution in [-0.4, -0.2) is 56.2 Å². The minimum atomic E-state index is -0.0349. The molecule has 152 valence electrons. The third-order valence-electron chi connectivity index (χ3n) is 5.16. The summed E-state index contributed by atoms with van der Waals surface area (Å²) in [6, 6.07) is 9.17. The summed E-state index contributed by atoms with van der Waals surface area (Å²) in [7, 11) is 3.15. The molecule has 8 heteroatoms. The van der Waals surface area contributed by atoms with Gasteiger partial charge in [-0.3, -0.25) is 4.79 Å². The first-order chi connectivity index (χ1) is 14.0. The van der Waals surface area contributed by atoms with Gasteiger partial charge in [-0.15, -0.1) is 0 Å². The summed E-state index contributed by atoms with van der Waals surface area (Å²) in [5, 5.41) is 1.68. The molecule has 2 aromatic carbocycles. The van der Waals surface area contributed by atoms with Crippen molar-refractivity contribution in [3.63, 3.8) is 0 Å². The topological polar surface area (TPSA) is 54.9 Å². The number of aromatic nitrogens is 1. The number of hydrogen-bond acceptors (Lipinski definition) is 6. The second-order valence-electron chi connectivity index (χ2n) is 6.88. The second-order valence-corrected chi connectivity index (χ2v) is 8.27. The number of benzene rings is 2. The molecule has 6 nitrogen and oxygen atoms in total. The number of thiazole rings is 1. The van der Waals surface area contributed by atoms with E-state index in [1.807, 2.05) is 24.0 Å². The fourth-order valence-corrected chi connectivity index (χ4v) is 4.84. The lowest BCUT2D eigenvalue weighted by Gasteiger charge is -2.34. The van der Waals surface area contributed by atoms with E-state index in [0.717, 1.165) is 39.0 Å². The standard InChI is InChI=1S/C21H22ClN3O3S/c1-13-4-7-16(22)19-18(13)23-21(29-19)25-10-8-24(9-11-25)20(26)15-6-5-14(27-2)12-17(15)28-3/h4-7,12H,8-11H2,1-3H3. The largest absolute Gasteiger partial charge is 0.497 e. The average Bonchev–Trinajstić information content (AvgIpc) is 3.22. The predicted octanol–water partition coefficient (Wildman–Crippen LogP) is 4.24. The van der Waals surface area contributed by atoms with Crippen LogP contribution in [0, 0.1) is 6.92 Å². The van der Waals surface area contributed by atoms with Crippen molar-refractivity contribution in [2.45, 2.75) is 6.92 Å². The number of fused-ring (bicyclic) bond motifs is 1. The molecule has 0 unspecified atom stereocenters. The molecule has 0 spiro atoms. The van der Waals surface area contributed by atoms with Crippen LogP contribution in [-0.2, 0) is 0 Å². The maximum atomic E-state index is 13.0. The molecule has 1 aliphatic heterocycles. The van der Waals surface area contributed by atoms with Gasteiger partial charge in [-0.1, -0.05) is 29.0 Å². The number of ether oxygens (including phenoxy) is 2. The lowest BCUT2D eigenvalue weighted by Crippen LogP contribution is -2.48. The molecule has 2 heterocycles. The Balaban J connectivity index is 1.49. The monoisotopic (exact) mass is 431 g/mol. The van der Waals surface area contributed by atoms with Crippen molar-refractivity contribution in [3.8, 4) is 11.5 Å². The van der Waals surface area contributed by atoms with Crippen LogP contribution in [0.25, 0.3) is 10.2 Å². The molecule has 1 aromatic heterocycles. The number of nitrogens with zero attached hydrogens (tertiary/aromatic N) is 3. The van der Waals surface area contributed by atoms with Crippen LogP contribution < -0.4 is 14.4 Å². The normalized spacial score (nSPS) is 14.3. The van der Waals surface area contributed by atoms with Gasteiger partial charge in [0.25, 0.3) is 5.91 Å². The van der Waals surface area contributed by atoms with Crippen molar-refractivity contribution in [2.75, 3.05) is 45.3 Å². The SMILES string of the molecule is COc1ccc(C(=O)N2CCN(c3nc4c(C)ccc(Cl)c4s3)CC2)c(OC)c1. The van der Waals surface area contributed by atoms with Crippen molar-refractivity contribution < 1.29 is 14.3 Å². The number of rotatable bonds is 4. The first-order valence-electron chi connectivity index (χ1n) is 9.33. The third-order valence-corrected chi connectivity index (χ3v) is 6.74. The van der Waals surface area contributed by atoms with E-state index < -0.39 is 0 Å². The molecule has 0 aliphatic carbocycles. The number of aryl methyl sites for hydroxylation is 1. The zero-order chi connectivity index (χ0) is 20.5. The number of hydrogen-bond donors (Lipinski definition) is 0. The first-order valence-corrected chi connectivity index (χ1v) is 10.5. The predicted molar refractivity (Wildman–Crippen MR) is 117 cm³/mol. The van der Waals surface area contributed by atoms with Crippen LogP contribution >= 0.6 is 22.9 Å². The molecule has 1 aliphatic rings. The molecule has 1 saturated heterocycles. The van der Waals surface area contributed by atoms with Crippen LogP contribution in [0.3, 0.4) is 0 Å². The van der Waals surface area contributed by atoms with E-state index in [4.69, 9.17) is 26.1 Å². The first kappa shape index (κ1) is 19.8. The highest BCUT2D eigenvalue weighted by Crippen LogP contribution is 2.36. The van der Waals surface area contributed by atoms with Crippen molar-refractivity contribution >= 4 is 44.2 Å². The van der Waals surface area contributed by atoms with Gasteiger partial charge in [0.1, 0.15) is 11.5 Å². The summed E-state index contributed by atoms with van der Waals surface area (Å²) < 4.78 is 11.6. The summed E-state index contributed by atoms with van der Waals surface area (Å²) in [5.74, 6) is 1.15. The summed E-state index contributed by atoms with van der Waals surface area (Å²) in [6.07, 6.45) is 0. The molecular weight excluding hydrogens is 410 g/mol. The number of halogens is 1. The fraction of sp³-hybridized carbons (Fsp3) is 0.333. The van der Waals surface area contributed by atoms with Crippen LogP contribution in [0.15, 0.2) is 30.3 Å². The van der Waals surface area contributed by atoms with E-state index in [-0.39, 0.29) is 5.91 Å². The molecule has 0 atom stereocenters. The van der Waals surface area contributed by atoms with E-state index in [9.17, 15) is 4.79 Å². The quantitative estimate of drug-likeness (QED) is 0.618. The Hall–Kier alpha value is -2.51. The Morgan fingerprint density at radius 3 is 2.52 bits per heavy atom. The Labute approximate surface area is 178 Å². The van der Waals surface area contributed by atoms with E-state index in [1.54, 1.807) is 43.8 Å². The molecule has 0 saturated carbocycles. The molecular formula is C21H22ClN3O3S. The molecule has 4 rings (SSSR count). The summed E-state index contributed by atoms with van der Waals surface area (Å²) in [5.41, 5.74) is 2.62. The molecule has 0 N–H and O–H groups in total. The van der Waals surface area contributed by atoms with Gasteiger partial charge in [0.05, 0.1) is 35.0 Å². The van der Waals surface area contributed by atoms with Crippen molar-refractivity contribution in [3.05, 3.63) is 46.5 Å². The summed E-state index contributed by atoms with van der Waals surface area (Å²) >= 11 is 7.95. The highest BCUT2D eigenvalue weighted by Gasteiger charge is 2.26. The minimum Gasteiger partial charge on any atom is -0.497 e. The highest BCUT2D eigenvalue weighted by atomic mass is 35.5. The Morgan fingerprint density at radius 2 is 1.86 bits per heavy atom. The minimum absolute atomic E-state index is 0.0349. The molecule has 1 fully saturated rings. The maximum absolute atomic E-state index is 13.0. The molecule has 0 bridgehead atoms.